The lowest BCUT2D eigenvalue weighted by molar-refractivity contribution is 0.441. The zero-order valence-corrected chi connectivity index (χ0v) is 21.3. The molecular weight excluding hydrogens is 533 g/mol. The summed E-state index contributed by atoms with van der Waals surface area (Å²) in [7, 11) is 0. The van der Waals surface area contributed by atoms with Crippen LogP contribution in [0.15, 0.2) is 127 Å². The molecule has 0 bridgehead atoms. The van der Waals surface area contributed by atoms with Gasteiger partial charge in [0.2, 0.25) is 0 Å². The molecule has 0 aliphatic heterocycles. The molecule has 6 aromatic rings. The van der Waals surface area contributed by atoms with E-state index in [1.807, 2.05) is 18.2 Å². The molecule has 6 rings (SSSR count). The van der Waals surface area contributed by atoms with Gasteiger partial charge < -0.3 is 14.3 Å². The number of rotatable bonds is 6. The van der Waals surface area contributed by atoms with Crippen molar-refractivity contribution in [3.63, 3.8) is 0 Å². The summed E-state index contributed by atoms with van der Waals surface area (Å²) in [4.78, 5) is 35.2. The Morgan fingerprint density at radius 3 is 2.42 bits per heavy atom. The summed E-state index contributed by atoms with van der Waals surface area (Å²) in [6, 6.07) is 24.7. The van der Waals surface area contributed by atoms with Crippen molar-refractivity contribution in [2.24, 2.45) is 0 Å². The number of pyridine rings is 1. The molecule has 0 unspecified atom stereocenters. The highest BCUT2D eigenvalue weighted by Gasteiger charge is 2.22. The van der Waals surface area contributed by atoms with Crippen LogP contribution in [0.4, 0.5) is 4.39 Å². The van der Waals surface area contributed by atoms with Gasteiger partial charge in [-0.05, 0) is 42.0 Å². The van der Waals surface area contributed by atoms with E-state index >= 15 is 0 Å². The predicted molar refractivity (Wildman–Crippen MR) is 148 cm³/mol. The number of hydrogen-bond acceptors (Lipinski definition) is 8. The van der Waals surface area contributed by atoms with Gasteiger partial charge in [0.25, 0.3) is 5.56 Å². The summed E-state index contributed by atoms with van der Waals surface area (Å²) in [6.07, 6.45) is 3.09. The zero-order valence-electron chi connectivity index (χ0n) is 20.5. The van der Waals surface area contributed by atoms with Crippen LogP contribution in [-0.4, -0.2) is 19.6 Å². The quantitative estimate of drug-likeness (QED) is 0.261. The van der Waals surface area contributed by atoms with Crippen molar-refractivity contribution in [2.75, 3.05) is 0 Å². The fraction of sp³-hybridized carbons (Fsp3) is 0. The first-order valence-electron chi connectivity index (χ1n) is 12.0. The van der Waals surface area contributed by atoms with E-state index < -0.39 is 22.8 Å². The van der Waals surface area contributed by atoms with Crippen LogP contribution < -0.4 is 15.9 Å². The highest BCUT2D eigenvalue weighted by Crippen LogP contribution is 2.37. The molecular formula is C30H18FN3O5S. The van der Waals surface area contributed by atoms with Gasteiger partial charge in [0, 0.05) is 29.4 Å². The summed E-state index contributed by atoms with van der Waals surface area (Å²) in [5.74, 6) is -0.683. The first kappa shape index (κ1) is 25.1. The highest BCUT2D eigenvalue weighted by atomic mass is 32.2. The Balaban J connectivity index is 1.57. The fourth-order valence-electron chi connectivity index (χ4n) is 4.19. The number of halogens is 1. The van der Waals surface area contributed by atoms with Crippen LogP contribution in [0.1, 0.15) is 0 Å². The summed E-state index contributed by atoms with van der Waals surface area (Å²) in [5, 5.41) is 11.0. The van der Waals surface area contributed by atoms with E-state index in [0.29, 0.717) is 27.6 Å². The van der Waals surface area contributed by atoms with Crippen molar-refractivity contribution >= 4 is 22.7 Å². The maximum atomic E-state index is 14.1. The Labute approximate surface area is 230 Å². The standard InChI is InChI=1S/C30H18FN3O5S/c31-19-9-4-12-22(15-19)40-27-26(35)25-24(39-29(27)37)17-23(18-7-2-1-3-8-18)34(28(25)36)20-10-5-11-21(16-20)38-30-32-13-6-14-33-30/h1-17,35H. The molecule has 3 heterocycles. The lowest BCUT2D eigenvalue weighted by Gasteiger charge is -2.16. The molecule has 0 aliphatic carbocycles. The van der Waals surface area contributed by atoms with E-state index in [4.69, 9.17) is 9.15 Å². The molecule has 0 saturated carbocycles. The van der Waals surface area contributed by atoms with Crippen LogP contribution in [0.3, 0.4) is 0 Å². The minimum absolute atomic E-state index is 0.0868. The molecule has 1 N–H and O–H groups in total. The molecule has 0 amide bonds. The summed E-state index contributed by atoms with van der Waals surface area (Å²) >= 11 is 0.806. The smallest absolute Gasteiger partial charge is 0.354 e. The van der Waals surface area contributed by atoms with Gasteiger partial charge in [0.1, 0.15) is 27.4 Å². The topological polar surface area (TPSA) is 107 Å². The number of fused-ring (bicyclic) bond motifs is 1. The van der Waals surface area contributed by atoms with Crippen molar-refractivity contribution in [1.82, 2.24) is 14.5 Å². The Bertz CT molecular complexity index is 1980. The molecule has 0 spiro atoms. The van der Waals surface area contributed by atoms with Gasteiger partial charge in [0.15, 0.2) is 5.75 Å². The second-order valence-electron chi connectivity index (χ2n) is 8.53. The van der Waals surface area contributed by atoms with Crippen LogP contribution >= 0.6 is 11.8 Å². The summed E-state index contributed by atoms with van der Waals surface area (Å²) in [5.41, 5.74) is -0.0697. The van der Waals surface area contributed by atoms with Crippen LogP contribution in [0.5, 0.6) is 17.5 Å². The molecule has 0 saturated heterocycles. The maximum absolute atomic E-state index is 14.1. The molecule has 0 fully saturated rings. The van der Waals surface area contributed by atoms with Gasteiger partial charge in [0.05, 0.1) is 11.4 Å². The Hall–Kier alpha value is -5.22. The van der Waals surface area contributed by atoms with Crippen LogP contribution in [-0.2, 0) is 0 Å². The Morgan fingerprint density at radius 1 is 0.875 bits per heavy atom. The van der Waals surface area contributed by atoms with E-state index in [-0.39, 0.29) is 21.9 Å². The molecule has 3 aromatic carbocycles. The van der Waals surface area contributed by atoms with E-state index in [1.165, 1.54) is 28.8 Å². The minimum Gasteiger partial charge on any atom is -0.505 e. The van der Waals surface area contributed by atoms with E-state index in [2.05, 4.69) is 9.97 Å². The Morgan fingerprint density at radius 2 is 1.65 bits per heavy atom. The van der Waals surface area contributed by atoms with Gasteiger partial charge in [-0.2, -0.15) is 0 Å². The molecule has 10 heteroatoms. The van der Waals surface area contributed by atoms with Gasteiger partial charge in [-0.3, -0.25) is 9.36 Å². The SMILES string of the molecule is O=c1oc2cc(-c3ccccc3)n(-c3cccc(Oc4ncccn4)c3)c(=O)c2c(O)c1Sc1cccc(F)c1. The van der Waals surface area contributed by atoms with Gasteiger partial charge >= 0.3 is 11.6 Å². The second-order valence-corrected chi connectivity index (χ2v) is 9.62. The molecule has 8 nitrogen and oxygen atoms in total. The number of nitrogens with zero attached hydrogens (tertiary/aromatic N) is 3. The van der Waals surface area contributed by atoms with E-state index in [9.17, 15) is 19.1 Å². The van der Waals surface area contributed by atoms with Crippen molar-refractivity contribution in [3.8, 4) is 34.5 Å². The van der Waals surface area contributed by atoms with Gasteiger partial charge in [-0.1, -0.05) is 54.2 Å². The molecule has 3 aromatic heterocycles. The summed E-state index contributed by atoms with van der Waals surface area (Å²) in [6.45, 7) is 0. The molecule has 0 radical (unpaired) electrons. The van der Waals surface area contributed by atoms with Crippen LogP contribution in [0.2, 0.25) is 0 Å². The highest BCUT2D eigenvalue weighted by molar-refractivity contribution is 7.99. The average molecular weight is 552 g/mol. The van der Waals surface area contributed by atoms with Gasteiger partial charge in [-0.15, -0.1) is 0 Å². The van der Waals surface area contributed by atoms with Crippen molar-refractivity contribution in [2.45, 2.75) is 9.79 Å². The van der Waals surface area contributed by atoms with Crippen molar-refractivity contribution in [3.05, 3.63) is 130 Å². The lowest BCUT2D eigenvalue weighted by Crippen LogP contribution is -2.21. The minimum atomic E-state index is -0.853. The molecule has 0 atom stereocenters. The predicted octanol–water partition coefficient (Wildman–Crippen LogP) is 6.19. The summed E-state index contributed by atoms with van der Waals surface area (Å²) < 4.78 is 26.4. The Kier molecular flexibility index (Phi) is 6.59. The molecule has 0 aliphatic rings. The van der Waals surface area contributed by atoms with Crippen LogP contribution in [0, 0.1) is 5.82 Å². The second kappa shape index (κ2) is 10.5. The third-order valence-electron chi connectivity index (χ3n) is 5.92. The third-order valence-corrected chi connectivity index (χ3v) is 6.98. The number of aromatic hydroxyl groups is 1. The lowest BCUT2D eigenvalue weighted by atomic mass is 10.1. The van der Waals surface area contributed by atoms with E-state index in [0.717, 1.165) is 11.8 Å². The number of aromatic nitrogens is 3. The first-order chi connectivity index (χ1) is 19.5. The van der Waals surface area contributed by atoms with Crippen LogP contribution in [0.25, 0.3) is 27.9 Å². The van der Waals surface area contributed by atoms with Gasteiger partial charge in [-0.25, -0.2) is 19.2 Å². The average Bonchev–Trinajstić information content (AvgIpc) is 2.96. The monoisotopic (exact) mass is 551 g/mol. The van der Waals surface area contributed by atoms with Crippen molar-refractivity contribution < 1.29 is 18.7 Å². The zero-order chi connectivity index (χ0) is 27.6. The largest absolute Gasteiger partial charge is 0.505 e. The maximum Gasteiger partial charge on any atom is 0.354 e. The number of ether oxygens (including phenoxy) is 1. The first-order valence-corrected chi connectivity index (χ1v) is 12.8. The normalized spacial score (nSPS) is 11.0. The number of benzene rings is 3. The molecule has 40 heavy (non-hydrogen) atoms. The third kappa shape index (κ3) is 4.83. The molecule has 196 valence electrons. The number of hydrogen-bond donors (Lipinski definition) is 1. The van der Waals surface area contributed by atoms with E-state index in [1.54, 1.807) is 60.9 Å². The fourth-order valence-corrected chi connectivity index (χ4v) is 5.07. The van der Waals surface area contributed by atoms with Crippen molar-refractivity contribution in [1.29, 1.82) is 0 Å².